The van der Waals surface area contributed by atoms with Gasteiger partial charge in [0.05, 0.1) is 26.3 Å². The molecule has 0 bridgehead atoms. The highest BCUT2D eigenvalue weighted by molar-refractivity contribution is 6.23. The zero-order chi connectivity index (χ0) is 24.1. The van der Waals surface area contributed by atoms with Crippen molar-refractivity contribution in [1.29, 1.82) is 0 Å². The van der Waals surface area contributed by atoms with Crippen LogP contribution in [0.2, 0.25) is 0 Å². The molecule has 1 heterocycles. The van der Waals surface area contributed by atoms with E-state index in [-0.39, 0.29) is 18.9 Å². The molecular formula is C26H25N3O5. The fourth-order valence-corrected chi connectivity index (χ4v) is 3.83. The zero-order valence-corrected chi connectivity index (χ0v) is 18.9. The van der Waals surface area contributed by atoms with Gasteiger partial charge in [-0.2, -0.15) is 0 Å². The number of hydrogen-bond donors (Lipinski definition) is 1. The van der Waals surface area contributed by atoms with Crippen LogP contribution >= 0.6 is 0 Å². The number of anilines is 2. The number of amides is 4. The van der Waals surface area contributed by atoms with Crippen LogP contribution in [0.15, 0.2) is 78.9 Å². The number of methoxy groups -OCH3 is 2. The molecule has 1 fully saturated rings. The summed E-state index contributed by atoms with van der Waals surface area (Å²) in [6, 6.07) is 21.4. The molecule has 0 saturated carbocycles. The molecule has 1 aliphatic heterocycles. The maximum Gasteiger partial charge on any atom is 0.322 e. The molecule has 8 nitrogen and oxygen atoms in total. The predicted molar refractivity (Wildman–Crippen MR) is 128 cm³/mol. The fraction of sp³-hybridized carbons (Fsp3) is 0.192. The van der Waals surface area contributed by atoms with E-state index >= 15 is 0 Å². The van der Waals surface area contributed by atoms with Gasteiger partial charge in [-0.3, -0.25) is 9.59 Å². The highest BCUT2D eigenvalue weighted by atomic mass is 16.5. The van der Waals surface area contributed by atoms with Crippen molar-refractivity contribution in [2.45, 2.75) is 19.0 Å². The number of hydrogen-bond acceptors (Lipinski definition) is 5. The predicted octanol–water partition coefficient (Wildman–Crippen LogP) is 4.07. The largest absolute Gasteiger partial charge is 0.497 e. The third-order valence-electron chi connectivity index (χ3n) is 5.63. The Bertz CT molecular complexity index is 1160. The van der Waals surface area contributed by atoms with Gasteiger partial charge >= 0.3 is 6.03 Å². The maximum atomic E-state index is 13.4. The van der Waals surface area contributed by atoms with Gasteiger partial charge in [-0.25, -0.2) is 9.69 Å². The Balaban J connectivity index is 1.61. The van der Waals surface area contributed by atoms with Gasteiger partial charge in [0.15, 0.2) is 0 Å². The van der Waals surface area contributed by atoms with Gasteiger partial charge < -0.3 is 19.7 Å². The Hall–Kier alpha value is -4.33. The van der Waals surface area contributed by atoms with Crippen molar-refractivity contribution in [2.75, 3.05) is 24.4 Å². The molecule has 1 aliphatic rings. The van der Waals surface area contributed by atoms with Crippen LogP contribution in [0.3, 0.4) is 0 Å². The molecule has 0 spiro atoms. The number of carbonyl (C=O) groups is 3. The van der Waals surface area contributed by atoms with Crippen LogP contribution < -0.4 is 19.7 Å². The highest BCUT2D eigenvalue weighted by Crippen LogP contribution is 2.29. The first-order chi connectivity index (χ1) is 16.5. The van der Waals surface area contributed by atoms with Crippen molar-refractivity contribution in [3.8, 4) is 11.5 Å². The number of benzene rings is 3. The number of para-hydroxylation sites is 1. The quantitative estimate of drug-likeness (QED) is 0.538. The first kappa shape index (κ1) is 22.8. The fourth-order valence-electron chi connectivity index (χ4n) is 3.83. The number of imide groups is 1. The van der Waals surface area contributed by atoms with E-state index < -0.39 is 18.0 Å². The molecule has 3 aromatic rings. The van der Waals surface area contributed by atoms with Gasteiger partial charge in [0.25, 0.3) is 5.91 Å². The summed E-state index contributed by atoms with van der Waals surface area (Å²) in [4.78, 5) is 42.1. The minimum Gasteiger partial charge on any atom is -0.497 e. The maximum absolute atomic E-state index is 13.4. The molecule has 0 unspecified atom stereocenters. The second-order valence-electron chi connectivity index (χ2n) is 7.76. The van der Waals surface area contributed by atoms with Crippen LogP contribution in [-0.2, 0) is 16.1 Å². The smallest absolute Gasteiger partial charge is 0.322 e. The summed E-state index contributed by atoms with van der Waals surface area (Å²) < 4.78 is 10.4. The lowest BCUT2D eigenvalue weighted by Crippen LogP contribution is -2.46. The number of rotatable bonds is 7. The standard InChI is InChI=1S/C26H25N3O5/c1-33-21-12-8-18(9-13-21)17-28(26(32)27-19-6-4-3-5-7-19)23-16-24(30)29(25(23)31)20-10-14-22(34-2)15-11-20/h3-15,23H,16-17H2,1-2H3,(H,27,32)/t23-/m1/s1. The average Bonchev–Trinajstić information content (AvgIpc) is 3.16. The molecule has 1 saturated heterocycles. The zero-order valence-electron chi connectivity index (χ0n) is 18.9. The number of ether oxygens (including phenoxy) is 2. The second-order valence-corrected chi connectivity index (χ2v) is 7.76. The van der Waals surface area contributed by atoms with Crippen LogP contribution in [0.4, 0.5) is 16.2 Å². The number of urea groups is 1. The van der Waals surface area contributed by atoms with Crippen LogP contribution in [0.5, 0.6) is 11.5 Å². The molecule has 4 amide bonds. The Labute approximate surface area is 197 Å². The molecule has 34 heavy (non-hydrogen) atoms. The minimum absolute atomic E-state index is 0.108. The summed E-state index contributed by atoms with van der Waals surface area (Å²) in [6.45, 7) is 0.142. The molecule has 0 radical (unpaired) electrons. The molecule has 0 aromatic heterocycles. The average molecular weight is 460 g/mol. The number of nitrogens with one attached hydrogen (secondary N) is 1. The first-order valence-corrected chi connectivity index (χ1v) is 10.8. The van der Waals surface area contributed by atoms with Gasteiger partial charge in [0.1, 0.15) is 17.5 Å². The van der Waals surface area contributed by atoms with Gasteiger partial charge in [-0.1, -0.05) is 30.3 Å². The molecule has 174 valence electrons. The van der Waals surface area contributed by atoms with E-state index in [1.807, 2.05) is 18.2 Å². The molecular weight excluding hydrogens is 434 g/mol. The summed E-state index contributed by atoms with van der Waals surface area (Å²) >= 11 is 0. The second kappa shape index (κ2) is 10.1. The van der Waals surface area contributed by atoms with Crippen molar-refractivity contribution >= 4 is 29.2 Å². The van der Waals surface area contributed by atoms with Crippen molar-refractivity contribution in [1.82, 2.24) is 4.90 Å². The third-order valence-corrected chi connectivity index (χ3v) is 5.63. The summed E-state index contributed by atoms with van der Waals surface area (Å²) in [5.74, 6) is 0.476. The van der Waals surface area contributed by atoms with Gasteiger partial charge in [0.2, 0.25) is 5.91 Å². The molecule has 8 heteroatoms. The SMILES string of the molecule is COc1ccc(CN(C(=O)Nc2ccccc2)[C@@H]2CC(=O)N(c3ccc(OC)cc3)C2=O)cc1. The van der Waals surface area contributed by atoms with Crippen LogP contribution in [0.25, 0.3) is 0 Å². The number of nitrogens with zero attached hydrogens (tertiary/aromatic N) is 2. The Morgan fingerprint density at radius 1 is 0.912 bits per heavy atom. The van der Waals surface area contributed by atoms with E-state index in [0.29, 0.717) is 22.9 Å². The molecule has 3 aromatic carbocycles. The lowest BCUT2D eigenvalue weighted by atomic mass is 10.1. The van der Waals surface area contributed by atoms with E-state index in [1.54, 1.807) is 74.9 Å². The van der Waals surface area contributed by atoms with Crippen molar-refractivity contribution in [3.63, 3.8) is 0 Å². The van der Waals surface area contributed by atoms with Gasteiger partial charge in [-0.05, 0) is 54.1 Å². The van der Waals surface area contributed by atoms with E-state index in [0.717, 1.165) is 10.5 Å². The summed E-state index contributed by atoms with van der Waals surface area (Å²) in [7, 11) is 3.12. The summed E-state index contributed by atoms with van der Waals surface area (Å²) in [5.41, 5.74) is 1.83. The van der Waals surface area contributed by atoms with E-state index in [4.69, 9.17) is 9.47 Å². The molecule has 1 atom stereocenters. The van der Waals surface area contributed by atoms with Crippen molar-refractivity contribution in [3.05, 3.63) is 84.4 Å². The monoisotopic (exact) mass is 459 g/mol. The van der Waals surface area contributed by atoms with Crippen LogP contribution in [0, 0.1) is 0 Å². The highest BCUT2D eigenvalue weighted by Gasteiger charge is 2.44. The van der Waals surface area contributed by atoms with Crippen LogP contribution in [-0.4, -0.2) is 43.0 Å². The van der Waals surface area contributed by atoms with Crippen molar-refractivity contribution in [2.24, 2.45) is 0 Å². The Morgan fingerprint density at radius 2 is 1.50 bits per heavy atom. The van der Waals surface area contributed by atoms with Crippen molar-refractivity contribution < 1.29 is 23.9 Å². The molecule has 0 aliphatic carbocycles. The van der Waals surface area contributed by atoms with E-state index in [1.165, 1.54) is 4.90 Å². The lowest BCUT2D eigenvalue weighted by Gasteiger charge is -2.28. The summed E-state index contributed by atoms with van der Waals surface area (Å²) in [5, 5.41) is 2.83. The first-order valence-electron chi connectivity index (χ1n) is 10.8. The Morgan fingerprint density at radius 3 is 2.09 bits per heavy atom. The topological polar surface area (TPSA) is 88.2 Å². The lowest BCUT2D eigenvalue weighted by molar-refractivity contribution is -0.122. The third kappa shape index (κ3) is 4.85. The molecule has 4 rings (SSSR count). The van der Waals surface area contributed by atoms with Gasteiger partial charge in [-0.15, -0.1) is 0 Å². The minimum atomic E-state index is -0.944. The van der Waals surface area contributed by atoms with Gasteiger partial charge in [0, 0.05) is 12.2 Å². The Kier molecular flexibility index (Phi) is 6.77. The molecule has 1 N–H and O–H groups in total. The summed E-state index contributed by atoms with van der Waals surface area (Å²) in [6.07, 6.45) is -0.108. The number of carbonyl (C=O) groups excluding carboxylic acids is 3. The van der Waals surface area contributed by atoms with E-state index in [9.17, 15) is 14.4 Å². The van der Waals surface area contributed by atoms with E-state index in [2.05, 4.69) is 5.32 Å². The van der Waals surface area contributed by atoms with Crippen LogP contribution in [0.1, 0.15) is 12.0 Å². The normalized spacial score (nSPS) is 15.2.